The Balaban J connectivity index is 1.98. The van der Waals surface area contributed by atoms with Gasteiger partial charge in [-0.1, -0.05) is 25.6 Å². The van der Waals surface area contributed by atoms with Crippen LogP contribution in [0.25, 0.3) is 0 Å². The smallest absolute Gasteiger partial charge is 0.236 e. The fourth-order valence-electron chi connectivity index (χ4n) is 2.01. The second kappa shape index (κ2) is 7.28. The average molecular weight is 339 g/mol. The van der Waals surface area contributed by atoms with Gasteiger partial charge in [0.1, 0.15) is 0 Å². The van der Waals surface area contributed by atoms with Gasteiger partial charge in [-0.3, -0.25) is 4.79 Å². The number of rotatable bonds is 6. The Morgan fingerprint density at radius 2 is 2.09 bits per heavy atom. The lowest BCUT2D eigenvalue weighted by molar-refractivity contribution is -0.113. The number of carbonyl (C=O) groups is 1. The largest absolute Gasteiger partial charge is 0.323 e. The van der Waals surface area contributed by atoms with Crippen LogP contribution in [0, 0.1) is 26.7 Å². The molecule has 120 valence electrons. The summed E-state index contributed by atoms with van der Waals surface area (Å²) in [5.41, 5.74) is 3.12. The summed E-state index contributed by atoms with van der Waals surface area (Å²) in [6.45, 7) is 11.3. The highest BCUT2D eigenvalue weighted by Crippen LogP contribution is 2.23. The molecular formula is C15H22N4OS2. The first-order valence-electron chi connectivity index (χ1n) is 7.25. The summed E-state index contributed by atoms with van der Waals surface area (Å²) in [6.07, 6.45) is 0. The predicted molar refractivity (Wildman–Crippen MR) is 92.7 cm³/mol. The molecule has 0 aliphatic rings. The number of carbonyl (C=O) groups excluding carboxylic acids is 1. The third kappa shape index (κ3) is 4.33. The van der Waals surface area contributed by atoms with Crippen molar-refractivity contribution >= 4 is 34.1 Å². The number of aryl methyl sites for hydroxylation is 2. The molecule has 0 spiro atoms. The summed E-state index contributed by atoms with van der Waals surface area (Å²) < 4.78 is 2.20. The van der Waals surface area contributed by atoms with Gasteiger partial charge >= 0.3 is 0 Å². The maximum absolute atomic E-state index is 12.0. The Bertz CT molecular complexity index is 661. The van der Waals surface area contributed by atoms with E-state index < -0.39 is 0 Å². The molecule has 0 unspecified atom stereocenters. The summed E-state index contributed by atoms with van der Waals surface area (Å²) in [7, 11) is 0. The first kappa shape index (κ1) is 17.0. The summed E-state index contributed by atoms with van der Waals surface area (Å²) in [6, 6.07) is 0. The maximum Gasteiger partial charge on any atom is 0.236 e. The first-order chi connectivity index (χ1) is 10.4. The number of thioether (sulfide) groups is 1. The zero-order valence-electron chi connectivity index (χ0n) is 13.6. The van der Waals surface area contributed by atoms with Gasteiger partial charge < -0.3 is 9.88 Å². The third-order valence-electron chi connectivity index (χ3n) is 3.17. The van der Waals surface area contributed by atoms with Crippen molar-refractivity contribution < 1.29 is 4.79 Å². The predicted octanol–water partition coefficient (Wildman–Crippen LogP) is 3.65. The van der Waals surface area contributed by atoms with Crippen LogP contribution < -0.4 is 5.32 Å². The summed E-state index contributed by atoms with van der Waals surface area (Å²) in [5.74, 6) is 0.833. The van der Waals surface area contributed by atoms with E-state index in [-0.39, 0.29) is 5.91 Å². The van der Waals surface area contributed by atoms with E-state index in [1.807, 2.05) is 19.2 Å². The quantitative estimate of drug-likeness (QED) is 0.817. The Hall–Kier alpha value is -1.34. The molecule has 0 radical (unpaired) electrons. The summed E-state index contributed by atoms with van der Waals surface area (Å²) in [5, 5.41) is 6.31. The Morgan fingerprint density at radius 1 is 1.36 bits per heavy atom. The van der Waals surface area contributed by atoms with Crippen LogP contribution in [0.15, 0.2) is 10.5 Å². The van der Waals surface area contributed by atoms with Crippen molar-refractivity contribution in [1.29, 1.82) is 0 Å². The molecule has 0 saturated carbocycles. The zero-order valence-corrected chi connectivity index (χ0v) is 15.3. The number of amides is 1. The average Bonchev–Trinajstić information content (AvgIpc) is 2.94. The van der Waals surface area contributed by atoms with E-state index in [1.165, 1.54) is 28.8 Å². The van der Waals surface area contributed by atoms with Crippen molar-refractivity contribution in [3.63, 3.8) is 0 Å². The van der Waals surface area contributed by atoms with Gasteiger partial charge in [0.05, 0.1) is 17.1 Å². The van der Waals surface area contributed by atoms with Crippen LogP contribution in [0.3, 0.4) is 0 Å². The topological polar surface area (TPSA) is 59.8 Å². The van der Waals surface area contributed by atoms with Gasteiger partial charge in [-0.15, -0.1) is 11.3 Å². The monoisotopic (exact) mass is 338 g/mol. The molecule has 7 heteroatoms. The van der Waals surface area contributed by atoms with Crippen LogP contribution in [0.2, 0.25) is 0 Å². The minimum atomic E-state index is -0.0475. The minimum absolute atomic E-state index is 0.0475. The molecule has 0 aromatic carbocycles. The van der Waals surface area contributed by atoms with Crippen LogP contribution in [0.5, 0.6) is 0 Å². The molecule has 2 aromatic rings. The van der Waals surface area contributed by atoms with E-state index in [9.17, 15) is 4.79 Å². The maximum atomic E-state index is 12.0. The second-order valence-electron chi connectivity index (χ2n) is 5.70. The van der Waals surface area contributed by atoms with Crippen LogP contribution in [0.4, 0.5) is 5.13 Å². The highest BCUT2D eigenvalue weighted by Gasteiger charge is 2.14. The molecule has 0 aliphatic heterocycles. The lowest BCUT2D eigenvalue weighted by Crippen LogP contribution is -2.15. The van der Waals surface area contributed by atoms with Crippen molar-refractivity contribution in [2.75, 3.05) is 11.1 Å². The number of nitrogens with one attached hydrogen (secondary N) is 1. The molecule has 2 aromatic heterocycles. The molecule has 0 fully saturated rings. The SMILES string of the molecule is Cc1csc(NC(=O)CSc2nc(C)c(C)n2CC(C)C)n1. The number of nitrogens with zero attached hydrogens (tertiary/aromatic N) is 3. The Morgan fingerprint density at radius 3 is 2.68 bits per heavy atom. The van der Waals surface area contributed by atoms with Crippen LogP contribution in [-0.4, -0.2) is 26.2 Å². The fourth-order valence-corrected chi connectivity index (χ4v) is 3.62. The lowest BCUT2D eigenvalue weighted by atomic mass is 10.2. The van der Waals surface area contributed by atoms with Gasteiger partial charge in [-0.05, 0) is 26.7 Å². The molecule has 2 heterocycles. The molecular weight excluding hydrogens is 316 g/mol. The minimum Gasteiger partial charge on any atom is -0.323 e. The van der Waals surface area contributed by atoms with E-state index >= 15 is 0 Å². The molecule has 1 amide bonds. The normalized spacial score (nSPS) is 11.2. The number of hydrogen-bond acceptors (Lipinski definition) is 5. The number of thiazole rings is 1. The van der Waals surface area contributed by atoms with Gasteiger partial charge in [-0.2, -0.15) is 0 Å². The number of hydrogen-bond donors (Lipinski definition) is 1. The van der Waals surface area contributed by atoms with E-state index in [2.05, 4.69) is 40.6 Å². The van der Waals surface area contributed by atoms with E-state index in [4.69, 9.17) is 0 Å². The first-order valence-corrected chi connectivity index (χ1v) is 9.12. The van der Waals surface area contributed by atoms with Crippen molar-refractivity contribution in [3.8, 4) is 0 Å². The van der Waals surface area contributed by atoms with Crippen LogP contribution in [0.1, 0.15) is 30.9 Å². The van der Waals surface area contributed by atoms with E-state index in [0.29, 0.717) is 16.8 Å². The second-order valence-corrected chi connectivity index (χ2v) is 7.50. The number of aromatic nitrogens is 3. The number of anilines is 1. The summed E-state index contributed by atoms with van der Waals surface area (Å²) in [4.78, 5) is 20.8. The highest BCUT2D eigenvalue weighted by molar-refractivity contribution is 7.99. The van der Waals surface area contributed by atoms with Gasteiger partial charge in [0.2, 0.25) is 5.91 Å². The molecule has 0 aliphatic carbocycles. The van der Waals surface area contributed by atoms with E-state index in [0.717, 1.165) is 23.1 Å². The van der Waals surface area contributed by atoms with Crippen molar-refractivity contribution in [2.45, 2.75) is 46.3 Å². The Labute approximate surface area is 139 Å². The lowest BCUT2D eigenvalue weighted by Gasteiger charge is -2.12. The Kier molecular flexibility index (Phi) is 5.63. The molecule has 2 rings (SSSR count). The van der Waals surface area contributed by atoms with Crippen LogP contribution in [-0.2, 0) is 11.3 Å². The highest BCUT2D eigenvalue weighted by atomic mass is 32.2. The van der Waals surface area contributed by atoms with Crippen LogP contribution >= 0.6 is 23.1 Å². The fraction of sp³-hybridized carbons (Fsp3) is 0.533. The third-order valence-corrected chi connectivity index (χ3v) is 5.02. The number of imidazole rings is 1. The zero-order chi connectivity index (χ0) is 16.3. The van der Waals surface area contributed by atoms with Gasteiger partial charge in [-0.25, -0.2) is 9.97 Å². The van der Waals surface area contributed by atoms with Crippen molar-refractivity contribution in [1.82, 2.24) is 14.5 Å². The van der Waals surface area contributed by atoms with Crippen molar-refractivity contribution in [2.24, 2.45) is 5.92 Å². The van der Waals surface area contributed by atoms with Crippen molar-refractivity contribution in [3.05, 3.63) is 22.5 Å². The molecule has 0 bridgehead atoms. The van der Waals surface area contributed by atoms with Gasteiger partial charge in [0, 0.05) is 17.6 Å². The van der Waals surface area contributed by atoms with E-state index in [1.54, 1.807) is 0 Å². The molecule has 22 heavy (non-hydrogen) atoms. The standard InChI is InChI=1S/C15H22N4OS2/c1-9(2)6-19-12(5)11(4)17-15(19)22-8-13(20)18-14-16-10(3)7-21-14/h7,9H,6,8H2,1-5H3,(H,16,18,20). The molecule has 0 saturated heterocycles. The molecule has 5 nitrogen and oxygen atoms in total. The van der Waals surface area contributed by atoms with Gasteiger partial charge in [0.25, 0.3) is 0 Å². The molecule has 1 N–H and O–H groups in total. The molecule has 0 atom stereocenters. The summed E-state index contributed by atoms with van der Waals surface area (Å²) >= 11 is 2.92. The van der Waals surface area contributed by atoms with Gasteiger partial charge in [0.15, 0.2) is 10.3 Å².